The van der Waals surface area contributed by atoms with Crippen molar-refractivity contribution in [1.82, 2.24) is 29.9 Å². The highest BCUT2D eigenvalue weighted by Gasteiger charge is 2.40. The summed E-state index contributed by atoms with van der Waals surface area (Å²) in [4.78, 5) is 23.9. The molecule has 188 valence electrons. The van der Waals surface area contributed by atoms with Gasteiger partial charge in [-0.05, 0) is 50.5 Å². The average Bonchev–Trinajstić information content (AvgIpc) is 3.30. The van der Waals surface area contributed by atoms with Gasteiger partial charge in [0, 0.05) is 63.4 Å². The number of nitrogens with zero attached hydrogens (tertiary/aromatic N) is 8. The van der Waals surface area contributed by atoms with E-state index in [1.54, 1.807) is 18.7 Å². The Morgan fingerprint density at radius 2 is 1.97 bits per heavy atom. The van der Waals surface area contributed by atoms with Crippen LogP contribution in [-0.4, -0.2) is 72.7 Å². The minimum atomic E-state index is -0.781. The smallest absolute Gasteiger partial charge is 0.274 e. The maximum absolute atomic E-state index is 12.9. The molecule has 10 heteroatoms. The molecule has 1 saturated heterocycles. The van der Waals surface area contributed by atoms with Crippen LogP contribution in [0.4, 0.5) is 17.3 Å². The average molecular weight is 489 g/mol. The van der Waals surface area contributed by atoms with Gasteiger partial charge in [-0.1, -0.05) is 0 Å². The van der Waals surface area contributed by atoms with E-state index < -0.39 is 5.60 Å². The van der Waals surface area contributed by atoms with Gasteiger partial charge in [-0.15, -0.1) is 10.2 Å². The van der Waals surface area contributed by atoms with Crippen molar-refractivity contribution < 1.29 is 9.90 Å². The second-order valence-electron chi connectivity index (χ2n) is 10.7. The Morgan fingerprint density at radius 3 is 2.75 bits per heavy atom. The van der Waals surface area contributed by atoms with Crippen LogP contribution in [0, 0.1) is 12.8 Å². The van der Waals surface area contributed by atoms with E-state index in [2.05, 4.69) is 37.2 Å². The number of amides is 1. The molecule has 0 aliphatic carbocycles. The molecule has 0 unspecified atom stereocenters. The molecule has 3 aliphatic rings. The highest BCUT2D eigenvalue weighted by Crippen LogP contribution is 2.32. The summed E-state index contributed by atoms with van der Waals surface area (Å²) in [5.74, 6) is 1.87. The van der Waals surface area contributed by atoms with E-state index in [0.29, 0.717) is 25.3 Å². The van der Waals surface area contributed by atoms with E-state index in [1.807, 2.05) is 30.1 Å². The van der Waals surface area contributed by atoms with Crippen LogP contribution in [0.2, 0.25) is 0 Å². The fourth-order valence-corrected chi connectivity index (χ4v) is 5.37. The largest absolute Gasteiger partial charge is 0.390 e. The van der Waals surface area contributed by atoms with E-state index in [1.165, 1.54) is 5.56 Å². The Labute approximate surface area is 210 Å². The normalized spacial score (nSPS) is 18.1. The third kappa shape index (κ3) is 3.99. The zero-order valence-electron chi connectivity index (χ0n) is 21.1. The van der Waals surface area contributed by atoms with Gasteiger partial charge in [0.2, 0.25) is 0 Å². The van der Waals surface area contributed by atoms with Crippen LogP contribution >= 0.6 is 0 Å². The van der Waals surface area contributed by atoms with E-state index in [-0.39, 0.29) is 11.8 Å². The summed E-state index contributed by atoms with van der Waals surface area (Å²) in [6, 6.07) is 6.12. The van der Waals surface area contributed by atoms with Crippen molar-refractivity contribution in [2.45, 2.75) is 52.3 Å². The number of anilines is 3. The van der Waals surface area contributed by atoms with Crippen LogP contribution in [0.15, 0.2) is 30.6 Å². The minimum absolute atomic E-state index is 0.0900. The molecule has 1 amide bonds. The summed E-state index contributed by atoms with van der Waals surface area (Å²) >= 11 is 0. The Hall–Kier alpha value is -3.53. The number of aryl methyl sites for hydroxylation is 2. The molecule has 6 rings (SSSR count). The van der Waals surface area contributed by atoms with Crippen molar-refractivity contribution in [3.8, 4) is 0 Å². The van der Waals surface area contributed by atoms with Gasteiger partial charge in [0.25, 0.3) is 5.91 Å². The number of fused-ring (bicyclic) bond motifs is 2. The van der Waals surface area contributed by atoms with Gasteiger partial charge in [-0.25, -0.2) is 4.68 Å². The van der Waals surface area contributed by atoms with Gasteiger partial charge < -0.3 is 19.8 Å². The van der Waals surface area contributed by atoms with Crippen molar-refractivity contribution in [2.75, 3.05) is 36.0 Å². The maximum atomic E-state index is 12.9. The van der Waals surface area contributed by atoms with Crippen molar-refractivity contribution in [1.29, 1.82) is 0 Å². The number of hydrogen-bond acceptors (Lipinski definition) is 8. The molecule has 0 radical (unpaired) electrons. The Morgan fingerprint density at radius 1 is 1.14 bits per heavy atom. The predicted molar refractivity (Wildman–Crippen MR) is 135 cm³/mol. The minimum Gasteiger partial charge on any atom is -0.390 e. The fraction of sp³-hybridized carbons (Fsp3) is 0.500. The topological polar surface area (TPSA) is 104 Å². The number of pyridine rings is 1. The summed E-state index contributed by atoms with van der Waals surface area (Å²) in [6.07, 6.45) is 5.71. The third-order valence-electron chi connectivity index (χ3n) is 7.70. The lowest BCUT2D eigenvalue weighted by molar-refractivity contribution is -0.0509. The van der Waals surface area contributed by atoms with Crippen molar-refractivity contribution in [2.24, 2.45) is 5.92 Å². The summed E-state index contributed by atoms with van der Waals surface area (Å²) in [5.41, 5.74) is 3.90. The first-order valence-electron chi connectivity index (χ1n) is 12.7. The molecule has 0 bridgehead atoms. The van der Waals surface area contributed by atoms with Crippen molar-refractivity contribution >= 4 is 23.2 Å². The molecular weight excluding hydrogens is 456 g/mol. The Balaban J connectivity index is 1.18. The number of carbonyl (C=O) groups excluding carboxylic acids is 1. The first kappa shape index (κ1) is 22.9. The second kappa shape index (κ2) is 8.55. The highest BCUT2D eigenvalue weighted by atomic mass is 16.3. The summed E-state index contributed by atoms with van der Waals surface area (Å²) in [6.45, 7) is 10.0. The molecule has 1 N–H and O–H groups in total. The lowest BCUT2D eigenvalue weighted by atomic mass is 9.84. The summed E-state index contributed by atoms with van der Waals surface area (Å²) < 4.78 is 2.04. The predicted octanol–water partition coefficient (Wildman–Crippen LogP) is 2.32. The number of likely N-dealkylation sites (tertiary alicyclic amines) is 1. The highest BCUT2D eigenvalue weighted by molar-refractivity contribution is 5.93. The first-order chi connectivity index (χ1) is 17.3. The molecule has 0 spiro atoms. The van der Waals surface area contributed by atoms with Crippen LogP contribution < -0.4 is 9.80 Å². The summed E-state index contributed by atoms with van der Waals surface area (Å²) in [5, 5.41) is 23.3. The molecule has 3 aromatic heterocycles. The van der Waals surface area contributed by atoms with Gasteiger partial charge in [0.15, 0.2) is 11.5 Å². The second-order valence-corrected chi connectivity index (χ2v) is 10.7. The lowest BCUT2D eigenvalue weighted by Gasteiger charge is -2.45. The molecule has 10 nitrogen and oxygen atoms in total. The van der Waals surface area contributed by atoms with E-state index >= 15 is 0 Å². The molecule has 1 fully saturated rings. The van der Waals surface area contributed by atoms with Crippen molar-refractivity contribution in [3.05, 3.63) is 53.1 Å². The monoisotopic (exact) mass is 488 g/mol. The van der Waals surface area contributed by atoms with E-state index in [0.717, 1.165) is 61.1 Å². The first-order valence-corrected chi connectivity index (χ1v) is 12.7. The van der Waals surface area contributed by atoms with Crippen LogP contribution in [0.5, 0.6) is 0 Å². The molecular formula is C26H32N8O2. The van der Waals surface area contributed by atoms with Crippen molar-refractivity contribution in [3.63, 3.8) is 0 Å². The Kier molecular flexibility index (Phi) is 5.44. The standard InChI is InChI=1S/C26H32N8O2/c1-17-11-22(25(35)32-15-19(16-32)26(2,3)36)29-30-24(17)31-10-6-21-18(14-31)12-20(13-27-21)33-8-4-9-34-23(33)5-7-28-34/h5,7,11-13,19,36H,4,6,8-10,14-16H2,1-3H3. The molecule has 6 heterocycles. The molecule has 0 atom stereocenters. The number of aliphatic hydroxyl groups is 1. The molecule has 36 heavy (non-hydrogen) atoms. The molecule has 3 aromatic rings. The number of aromatic nitrogens is 5. The van der Waals surface area contributed by atoms with Crippen LogP contribution in [0.25, 0.3) is 0 Å². The maximum Gasteiger partial charge on any atom is 0.274 e. The third-order valence-corrected chi connectivity index (χ3v) is 7.70. The van der Waals surface area contributed by atoms with Gasteiger partial charge in [0.1, 0.15) is 5.82 Å². The zero-order chi connectivity index (χ0) is 25.0. The van der Waals surface area contributed by atoms with E-state index in [4.69, 9.17) is 4.98 Å². The number of hydrogen-bond donors (Lipinski definition) is 1. The zero-order valence-corrected chi connectivity index (χ0v) is 21.1. The molecule has 0 saturated carbocycles. The van der Waals surface area contributed by atoms with Crippen LogP contribution in [0.3, 0.4) is 0 Å². The van der Waals surface area contributed by atoms with Crippen LogP contribution in [-0.2, 0) is 19.5 Å². The quantitative estimate of drug-likeness (QED) is 0.597. The number of rotatable bonds is 4. The van der Waals surface area contributed by atoms with Gasteiger partial charge in [-0.2, -0.15) is 5.10 Å². The van der Waals surface area contributed by atoms with Gasteiger partial charge in [0.05, 0.1) is 23.7 Å². The van der Waals surface area contributed by atoms with Gasteiger partial charge >= 0.3 is 0 Å². The van der Waals surface area contributed by atoms with E-state index in [9.17, 15) is 9.90 Å². The number of carbonyl (C=O) groups is 1. The molecule has 3 aliphatic heterocycles. The fourth-order valence-electron chi connectivity index (χ4n) is 5.37. The molecule has 0 aromatic carbocycles. The van der Waals surface area contributed by atoms with Crippen LogP contribution in [0.1, 0.15) is 47.6 Å². The van der Waals surface area contributed by atoms with Gasteiger partial charge in [-0.3, -0.25) is 9.78 Å². The Bertz CT molecular complexity index is 1310. The lowest BCUT2D eigenvalue weighted by Crippen LogP contribution is -2.57. The summed E-state index contributed by atoms with van der Waals surface area (Å²) in [7, 11) is 0. The SMILES string of the molecule is Cc1cc(C(=O)N2CC(C(C)(C)O)C2)nnc1N1CCc2ncc(N3CCCn4nccc43)cc2C1.